The van der Waals surface area contributed by atoms with Gasteiger partial charge in [-0.1, -0.05) is 12.1 Å². The van der Waals surface area contributed by atoms with Crippen molar-refractivity contribution >= 4 is 44.7 Å². The molecule has 8 heteroatoms. The third-order valence-corrected chi connectivity index (χ3v) is 6.23. The average molecular weight is 447 g/mol. The fourth-order valence-corrected chi connectivity index (χ4v) is 4.70. The van der Waals surface area contributed by atoms with E-state index in [0.29, 0.717) is 33.4 Å². The summed E-state index contributed by atoms with van der Waals surface area (Å²) in [6.07, 6.45) is 0. The molecule has 0 saturated heterocycles. The number of aryl methyl sites for hydroxylation is 3. The smallest absolute Gasteiger partial charge is 0.266 e. The number of fused-ring (bicyclic) bond motifs is 1. The predicted octanol–water partition coefficient (Wildman–Crippen LogP) is 5.13. The SMILES string of the molecule is COc1ccccc1NC(=O)c1ccc(NC(=O)c2sc3nc(C)nc(C)c3c2C)cc1. The lowest BCUT2D eigenvalue weighted by Crippen LogP contribution is -2.14. The Kier molecular flexibility index (Phi) is 5.87. The second-order valence-electron chi connectivity index (χ2n) is 7.28. The Morgan fingerprint density at radius 2 is 1.62 bits per heavy atom. The first-order chi connectivity index (χ1) is 15.4. The zero-order chi connectivity index (χ0) is 22.8. The van der Waals surface area contributed by atoms with E-state index >= 15 is 0 Å². The second-order valence-corrected chi connectivity index (χ2v) is 8.28. The van der Waals surface area contributed by atoms with Gasteiger partial charge in [0.05, 0.1) is 17.7 Å². The van der Waals surface area contributed by atoms with Crippen LogP contribution in [0.25, 0.3) is 10.2 Å². The highest BCUT2D eigenvalue weighted by Crippen LogP contribution is 2.32. The molecule has 0 spiro atoms. The van der Waals surface area contributed by atoms with Crippen molar-refractivity contribution in [3.8, 4) is 5.75 Å². The third kappa shape index (κ3) is 4.17. The molecule has 162 valence electrons. The number of carbonyl (C=O) groups excluding carboxylic acids is 2. The van der Waals surface area contributed by atoms with E-state index in [1.165, 1.54) is 11.3 Å². The van der Waals surface area contributed by atoms with Crippen molar-refractivity contribution in [2.45, 2.75) is 20.8 Å². The topological polar surface area (TPSA) is 93.2 Å². The van der Waals surface area contributed by atoms with Crippen LogP contribution in [0.5, 0.6) is 5.75 Å². The summed E-state index contributed by atoms with van der Waals surface area (Å²) < 4.78 is 5.26. The maximum Gasteiger partial charge on any atom is 0.266 e. The summed E-state index contributed by atoms with van der Waals surface area (Å²) in [5.74, 6) is 0.787. The van der Waals surface area contributed by atoms with Crippen molar-refractivity contribution < 1.29 is 14.3 Å². The first-order valence-electron chi connectivity index (χ1n) is 9.97. The normalized spacial score (nSPS) is 10.8. The van der Waals surface area contributed by atoms with Crippen LogP contribution in [0.1, 0.15) is 37.1 Å². The lowest BCUT2D eigenvalue weighted by molar-refractivity contribution is 0.102. The molecule has 4 aromatic rings. The fraction of sp³-hybridized carbons (Fsp3) is 0.167. The van der Waals surface area contributed by atoms with Crippen molar-refractivity contribution in [1.29, 1.82) is 0 Å². The van der Waals surface area contributed by atoms with Gasteiger partial charge in [0.2, 0.25) is 0 Å². The summed E-state index contributed by atoms with van der Waals surface area (Å²) in [5, 5.41) is 6.66. The number of amides is 2. The van der Waals surface area contributed by atoms with Crippen molar-refractivity contribution in [3.05, 3.63) is 76.1 Å². The van der Waals surface area contributed by atoms with Crippen LogP contribution in [0.3, 0.4) is 0 Å². The highest BCUT2D eigenvalue weighted by atomic mass is 32.1. The molecule has 2 amide bonds. The molecule has 0 radical (unpaired) electrons. The molecule has 2 aromatic heterocycles. The molecule has 2 aromatic carbocycles. The maximum atomic E-state index is 12.9. The van der Waals surface area contributed by atoms with Gasteiger partial charge in [0.1, 0.15) is 16.4 Å². The van der Waals surface area contributed by atoms with Gasteiger partial charge in [-0.15, -0.1) is 11.3 Å². The quantitative estimate of drug-likeness (QED) is 0.443. The van der Waals surface area contributed by atoms with E-state index in [1.54, 1.807) is 43.5 Å². The number of para-hydroxylation sites is 2. The van der Waals surface area contributed by atoms with E-state index in [1.807, 2.05) is 32.9 Å². The molecule has 4 rings (SSSR count). The van der Waals surface area contributed by atoms with Crippen molar-refractivity contribution in [1.82, 2.24) is 9.97 Å². The Hall–Kier alpha value is -3.78. The van der Waals surface area contributed by atoms with Crippen LogP contribution in [0.4, 0.5) is 11.4 Å². The molecule has 0 aliphatic heterocycles. The van der Waals surface area contributed by atoms with Gasteiger partial charge in [-0.05, 0) is 62.7 Å². The zero-order valence-corrected chi connectivity index (χ0v) is 19.0. The summed E-state index contributed by atoms with van der Waals surface area (Å²) in [7, 11) is 1.55. The number of hydrogen-bond acceptors (Lipinski definition) is 6. The van der Waals surface area contributed by atoms with Crippen LogP contribution in [-0.2, 0) is 0 Å². The summed E-state index contributed by atoms with van der Waals surface area (Å²) in [4.78, 5) is 35.7. The number of thiophene rings is 1. The molecular formula is C24H22N4O3S. The van der Waals surface area contributed by atoms with Crippen LogP contribution < -0.4 is 15.4 Å². The van der Waals surface area contributed by atoms with E-state index in [-0.39, 0.29) is 11.8 Å². The van der Waals surface area contributed by atoms with Crippen LogP contribution in [0.2, 0.25) is 0 Å². The lowest BCUT2D eigenvalue weighted by Gasteiger charge is -2.10. The number of rotatable bonds is 5. The molecule has 0 atom stereocenters. The third-order valence-electron chi connectivity index (χ3n) is 5.05. The highest BCUT2D eigenvalue weighted by molar-refractivity contribution is 7.20. The Labute approximate surface area is 189 Å². The molecule has 0 fully saturated rings. The minimum Gasteiger partial charge on any atom is -0.495 e. The monoisotopic (exact) mass is 446 g/mol. The average Bonchev–Trinajstić information content (AvgIpc) is 3.11. The summed E-state index contributed by atoms with van der Waals surface area (Å²) >= 11 is 1.35. The van der Waals surface area contributed by atoms with E-state index < -0.39 is 0 Å². The minimum atomic E-state index is -0.267. The standard InChI is InChI=1S/C24H22N4O3S/c1-13-20-14(2)25-15(3)26-24(20)32-21(13)23(30)27-17-11-9-16(10-12-17)22(29)28-18-7-5-6-8-19(18)31-4/h5-12H,1-4H3,(H,27,30)(H,28,29). The Balaban J connectivity index is 1.50. The van der Waals surface area contributed by atoms with Crippen molar-refractivity contribution in [2.24, 2.45) is 0 Å². The van der Waals surface area contributed by atoms with Crippen LogP contribution >= 0.6 is 11.3 Å². The van der Waals surface area contributed by atoms with E-state index in [9.17, 15) is 9.59 Å². The van der Waals surface area contributed by atoms with Gasteiger partial charge in [0.25, 0.3) is 11.8 Å². The van der Waals surface area contributed by atoms with Gasteiger partial charge >= 0.3 is 0 Å². The number of nitrogens with zero attached hydrogens (tertiary/aromatic N) is 2. The molecule has 2 heterocycles. The number of methoxy groups -OCH3 is 1. The number of hydrogen-bond donors (Lipinski definition) is 2. The molecule has 7 nitrogen and oxygen atoms in total. The summed E-state index contributed by atoms with van der Waals surface area (Å²) in [6.45, 7) is 5.67. The number of carbonyl (C=O) groups is 2. The molecule has 0 saturated carbocycles. The first kappa shape index (κ1) is 21.5. The van der Waals surface area contributed by atoms with Gasteiger partial charge in [-0.2, -0.15) is 0 Å². The summed E-state index contributed by atoms with van der Waals surface area (Å²) in [6, 6.07) is 13.9. The maximum absolute atomic E-state index is 12.9. The number of aromatic nitrogens is 2. The van der Waals surface area contributed by atoms with Crippen LogP contribution in [0, 0.1) is 20.8 Å². The largest absolute Gasteiger partial charge is 0.495 e. The molecule has 32 heavy (non-hydrogen) atoms. The van der Waals surface area contributed by atoms with E-state index in [2.05, 4.69) is 20.6 Å². The Morgan fingerprint density at radius 1 is 0.906 bits per heavy atom. The van der Waals surface area contributed by atoms with E-state index in [4.69, 9.17) is 4.74 Å². The molecule has 2 N–H and O–H groups in total. The molecule has 0 aliphatic rings. The van der Waals surface area contributed by atoms with E-state index in [0.717, 1.165) is 21.5 Å². The molecule has 0 aliphatic carbocycles. The fourth-order valence-electron chi connectivity index (χ4n) is 3.53. The van der Waals surface area contributed by atoms with Gasteiger partial charge < -0.3 is 15.4 Å². The lowest BCUT2D eigenvalue weighted by atomic mass is 10.1. The number of ether oxygens (including phenoxy) is 1. The van der Waals surface area contributed by atoms with Crippen LogP contribution in [-0.4, -0.2) is 28.9 Å². The van der Waals surface area contributed by atoms with Gasteiger partial charge in [-0.25, -0.2) is 9.97 Å². The minimum absolute atomic E-state index is 0.214. The molecule has 0 unspecified atom stereocenters. The van der Waals surface area contributed by atoms with Crippen molar-refractivity contribution in [2.75, 3.05) is 17.7 Å². The number of nitrogens with one attached hydrogen (secondary N) is 2. The Morgan fingerprint density at radius 3 is 2.34 bits per heavy atom. The second kappa shape index (κ2) is 8.76. The Bertz CT molecular complexity index is 1330. The van der Waals surface area contributed by atoms with Gasteiger partial charge in [0, 0.05) is 22.3 Å². The number of benzene rings is 2. The van der Waals surface area contributed by atoms with Crippen molar-refractivity contribution in [3.63, 3.8) is 0 Å². The number of anilines is 2. The van der Waals surface area contributed by atoms with Gasteiger partial charge in [0.15, 0.2) is 0 Å². The summed E-state index contributed by atoms with van der Waals surface area (Å²) in [5.41, 5.74) is 3.39. The molecular weight excluding hydrogens is 424 g/mol. The first-order valence-corrected chi connectivity index (χ1v) is 10.8. The zero-order valence-electron chi connectivity index (χ0n) is 18.1. The van der Waals surface area contributed by atoms with Gasteiger partial charge in [-0.3, -0.25) is 9.59 Å². The van der Waals surface area contributed by atoms with Crippen LogP contribution in [0.15, 0.2) is 48.5 Å². The highest BCUT2D eigenvalue weighted by Gasteiger charge is 2.19. The molecule has 0 bridgehead atoms. The predicted molar refractivity (Wildman–Crippen MR) is 127 cm³/mol.